The highest BCUT2D eigenvalue weighted by molar-refractivity contribution is 7.99. The average molecular weight is 237 g/mol. The third kappa shape index (κ3) is 2.13. The molecule has 2 aromatic rings. The summed E-state index contributed by atoms with van der Waals surface area (Å²) in [6.07, 6.45) is 1.86. The van der Waals surface area contributed by atoms with Gasteiger partial charge in [0, 0.05) is 5.25 Å². The zero-order valence-corrected chi connectivity index (χ0v) is 9.94. The van der Waals surface area contributed by atoms with Gasteiger partial charge in [0.1, 0.15) is 10.6 Å². The molecule has 2 N–H and O–H groups in total. The number of fused-ring (bicyclic) bond motifs is 1. The van der Waals surface area contributed by atoms with E-state index in [0.717, 1.165) is 15.4 Å². The maximum atomic E-state index is 5.84. The van der Waals surface area contributed by atoms with Crippen molar-refractivity contribution < 1.29 is 0 Å². The van der Waals surface area contributed by atoms with Gasteiger partial charge in [0.05, 0.1) is 5.39 Å². The zero-order chi connectivity index (χ0) is 10.8. The van der Waals surface area contributed by atoms with Gasteiger partial charge < -0.3 is 5.73 Å². The van der Waals surface area contributed by atoms with Gasteiger partial charge in [-0.3, -0.25) is 0 Å². The molecule has 5 heteroatoms. The van der Waals surface area contributed by atoms with Crippen molar-refractivity contribution in [1.82, 2.24) is 9.97 Å². The van der Waals surface area contributed by atoms with Crippen molar-refractivity contribution in [3.8, 4) is 0 Å². The first-order chi connectivity index (χ1) is 7.20. The minimum Gasteiger partial charge on any atom is -0.383 e. The largest absolute Gasteiger partial charge is 0.383 e. The van der Waals surface area contributed by atoms with Crippen LogP contribution in [0.25, 0.3) is 10.2 Å². The number of hydrogen-bond acceptors (Lipinski definition) is 5. The van der Waals surface area contributed by atoms with Crippen LogP contribution in [0.5, 0.6) is 0 Å². The van der Waals surface area contributed by atoms with E-state index in [0.29, 0.717) is 11.1 Å². The van der Waals surface area contributed by atoms with Gasteiger partial charge in [0.15, 0.2) is 5.16 Å². The molecule has 2 aromatic heterocycles. The van der Waals surface area contributed by atoms with Crippen LogP contribution in [-0.4, -0.2) is 15.2 Å². The summed E-state index contributed by atoms with van der Waals surface area (Å²) in [4.78, 5) is 9.62. The lowest BCUT2D eigenvalue weighted by molar-refractivity contribution is 1.01. The molecule has 0 bridgehead atoms. The second-order valence-electron chi connectivity index (χ2n) is 3.09. The quantitative estimate of drug-likeness (QED) is 0.506. The normalized spacial score (nSPS) is 12.9. The standard InChI is InChI=1S/C10H11N3S2/c1-3-6(2)15-10-12-8(11)7-4-5-14-9(7)13-10/h3-6H,1H2,2H3,(H2,11,12,13). The Morgan fingerprint density at radius 1 is 1.60 bits per heavy atom. The van der Waals surface area contributed by atoms with Gasteiger partial charge in [-0.15, -0.1) is 17.9 Å². The molecular formula is C10H11N3S2. The monoisotopic (exact) mass is 237 g/mol. The molecule has 78 valence electrons. The molecule has 2 heterocycles. The second kappa shape index (κ2) is 4.20. The fourth-order valence-electron chi connectivity index (χ4n) is 1.13. The smallest absolute Gasteiger partial charge is 0.191 e. The SMILES string of the molecule is C=CC(C)Sc1nc(N)c2ccsc2n1. The van der Waals surface area contributed by atoms with E-state index >= 15 is 0 Å². The third-order valence-corrected chi connectivity index (χ3v) is 3.72. The lowest BCUT2D eigenvalue weighted by Gasteiger charge is -2.04. The first kappa shape index (κ1) is 10.4. The van der Waals surface area contributed by atoms with Crippen LogP contribution in [0.1, 0.15) is 6.92 Å². The number of thiophene rings is 1. The highest BCUT2D eigenvalue weighted by atomic mass is 32.2. The Kier molecular flexibility index (Phi) is 2.93. The zero-order valence-electron chi connectivity index (χ0n) is 8.30. The molecule has 0 aliphatic heterocycles. The molecule has 0 saturated heterocycles. The Morgan fingerprint density at radius 3 is 3.13 bits per heavy atom. The predicted octanol–water partition coefficient (Wildman–Crippen LogP) is 2.94. The Labute approximate surface area is 96.4 Å². The summed E-state index contributed by atoms with van der Waals surface area (Å²) in [5.41, 5.74) is 5.84. The number of nitrogens with two attached hydrogens (primary N) is 1. The van der Waals surface area contributed by atoms with Gasteiger partial charge in [-0.2, -0.15) is 0 Å². The molecule has 2 rings (SSSR count). The van der Waals surface area contributed by atoms with Crippen molar-refractivity contribution in [3.63, 3.8) is 0 Å². The summed E-state index contributed by atoms with van der Waals surface area (Å²) in [6, 6.07) is 1.95. The molecule has 3 nitrogen and oxygen atoms in total. The Bertz CT molecular complexity index is 492. The van der Waals surface area contributed by atoms with Gasteiger partial charge in [-0.05, 0) is 18.4 Å². The minimum absolute atomic E-state index is 0.293. The molecule has 0 radical (unpaired) electrons. The number of rotatable bonds is 3. The van der Waals surface area contributed by atoms with Crippen LogP contribution in [0.2, 0.25) is 0 Å². The van der Waals surface area contributed by atoms with Crippen LogP contribution < -0.4 is 5.73 Å². The van der Waals surface area contributed by atoms with Gasteiger partial charge in [0.2, 0.25) is 0 Å². The van der Waals surface area contributed by atoms with Crippen LogP contribution in [0.3, 0.4) is 0 Å². The van der Waals surface area contributed by atoms with E-state index in [-0.39, 0.29) is 0 Å². The lowest BCUT2D eigenvalue weighted by atomic mass is 10.4. The van der Waals surface area contributed by atoms with Gasteiger partial charge in [0.25, 0.3) is 0 Å². The molecule has 15 heavy (non-hydrogen) atoms. The molecule has 0 amide bonds. The van der Waals surface area contributed by atoms with Crippen LogP contribution in [0.15, 0.2) is 29.3 Å². The van der Waals surface area contributed by atoms with Crippen LogP contribution in [0, 0.1) is 0 Å². The van der Waals surface area contributed by atoms with E-state index in [4.69, 9.17) is 5.73 Å². The second-order valence-corrected chi connectivity index (χ2v) is 5.33. The average Bonchev–Trinajstić information content (AvgIpc) is 2.66. The summed E-state index contributed by atoms with van der Waals surface area (Å²) in [5.74, 6) is 0.556. The van der Waals surface area contributed by atoms with Crippen molar-refractivity contribution in [2.45, 2.75) is 17.3 Å². The fraction of sp³-hybridized carbons (Fsp3) is 0.200. The van der Waals surface area contributed by atoms with Gasteiger partial charge in [-0.1, -0.05) is 17.8 Å². The summed E-state index contributed by atoms with van der Waals surface area (Å²) in [7, 11) is 0. The van der Waals surface area contributed by atoms with Crippen molar-refractivity contribution in [2.24, 2.45) is 0 Å². The lowest BCUT2D eigenvalue weighted by Crippen LogP contribution is -1.97. The van der Waals surface area contributed by atoms with Crippen molar-refractivity contribution >= 4 is 39.1 Å². The van der Waals surface area contributed by atoms with Gasteiger partial charge >= 0.3 is 0 Å². The van der Waals surface area contributed by atoms with Crippen LogP contribution in [-0.2, 0) is 0 Å². The topological polar surface area (TPSA) is 51.8 Å². The maximum absolute atomic E-state index is 5.84. The van der Waals surface area contributed by atoms with Crippen molar-refractivity contribution in [3.05, 3.63) is 24.1 Å². The number of nitrogen functional groups attached to an aromatic ring is 1. The van der Waals surface area contributed by atoms with Crippen molar-refractivity contribution in [1.29, 1.82) is 0 Å². The summed E-state index contributed by atoms with van der Waals surface area (Å²) >= 11 is 3.14. The van der Waals surface area contributed by atoms with Crippen molar-refractivity contribution in [2.75, 3.05) is 5.73 Å². The predicted molar refractivity (Wildman–Crippen MR) is 67.3 cm³/mol. The summed E-state index contributed by atoms with van der Waals surface area (Å²) < 4.78 is 0. The Balaban J connectivity index is 2.40. The number of anilines is 1. The molecule has 0 fully saturated rings. The first-order valence-electron chi connectivity index (χ1n) is 4.50. The molecule has 0 aliphatic rings. The fourth-order valence-corrected chi connectivity index (χ4v) is 2.68. The number of thioether (sulfide) groups is 1. The number of hydrogen-bond donors (Lipinski definition) is 1. The molecule has 1 unspecified atom stereocenters. The molecule has 0 aliphatic carbocycles. The molecule has 1 atom stereocenters. The summed E-state index contributed by atoms with van der Waals surface area (Å²) in [6.45, 7) is 5.78. The molecule has 0 aromatic carbocycles. The van der Waals surface area contributed by atoms with E-state index in [2.05, 4.69) is 23.5 Å². The van der Waals surface area contributed by atoms with Crippen LogP contribution in [0.4, 0.5) is 5.82 Å². The Hall–Kier alpha value is -1.07. The minimum atomic E-state index is 0.293. The molecular weight excluding hydrogens is 226 g/mol. The van der Waals surface area contributed by atoms with E-state index in [1.165, 1.54) is 0 Å². The third-order valence-electron chi connectivity index (χ3n) is 1.96. The number of aromatic nitrogens is 2. The highest BCUT2D eigenvalue weighted by Gasteiger charge is 2.08. The van der Waals surface area contributed by atoms with Gasteiger partial charge in [-0.25, -0.2) is 9.97 Å². The summed E-state index contributed by atoms with van der Waals surface area (Å²) in [5, 5.41) is 3.92. The van der Waals surface area contributed by atoms with E-state index in [1.807, 2.05) is 17.5 Å². The van der Waals surface area contributed by atoms with E-state index < -0.39 is 0 Å². The molecule has 0 spiro atoms. The first-order valence-corrected chi connectivity index (χ1v) is 6.26. The maximum Gasteiger partial charge on any atom is 0.191 e. The van der Waals surface area contributed by atoms with E-state index in [1.54, 1.807) is 23.1 Å². The Morgan fingerprint density at radius 2 is 2.40 bits per heavy atom. The molecule has 0 saturated carbocycles. The number of nitrogens with zero attached hydrogens (tertiary/aromatic N) is 2. The van der Waals surface area contributed by atoms with Crippen LogP contribution >= 0.6 is 23.1 Å². The van der Waals surface area contributed by atoms with E-state index in [9.17, 15) is 0 Å². The highest BCUT2D eigenvalue weighted by Crippen LogP contribution is 2.28.